The van der Waals surface area contributed by atoms with Crippen molar-refractivity contribution in [1.29, 1.82) is 0 Å². The number of benzene rings is 1. The molecule has 5 aromatic heterocycles. The maximum absolute atomic E-state index is 13.4. The van der Waals surface area contributed by atoms with Crippen molar-refractivity contribution in [3.05, 3.63) is 111 Å². The lowest BCUT2D eigenvalue weighted by Crippen LogP contribution is -2.32. The van der Waals surface area contributed by atoms with E-state index in [2.05, 4.69) is 20.4 Å². The SMILES string of the molecule is COc1ccc(C(CC(=O)NCCn2ccc3c(cnc4ccnn43)c2=O)c2c(O)nc3ccccn3c2=O)cc1. The molecule has 6 rings (SSSR count). The monoisotopic (exact) mass is 551 g/mol. The first-order valence-corrected chi connectivity index (χ1v) is 12.9. The number of nitrogens with zero attached hydrogens (tertiary/aromatic N) is 6. The fourth-order valence-electron chi connectivity index (χ4n) is 4.97. The number of rotatable bonds is 8. The standard InChI is InChI=1S/C29H25N7O5/c1-41-19-7-5-18(6-8-19)20(26-27(38)33-24-4-2-3-13-35(24)29(26)40)16-25(37)30-12-15-34-14-10-22-21(28(34)39)17-31-23-9-11-32-36(22)23/h2-11,13-14,17,20,38H,12,15-16H2,1H3,(H,30,37). The summed E-state index contributed by atoms with van der Waals surface area (Å²) in [5.41, 5.74) is 1.50. The van der Waals surface area contributed by atoms with Gasteiger partial charge in [0.05, 0.1) is 29.8 Å². The molecule has 1 unspecified atom stereocenters. The van der Waals surface area contributed by atoms with Crippen molar-refractivity contribution in [3.8, 4) is 11.6 Å². The van der Waals surface area contributed by atoms with E-state index in [0.29, 0.717) is 33.5 Å². The summed E-state index contributed by atoms with van der Waals surface area (Å²) in [6, 6.07) is 15.5. The van der Waals surface area contributed by atoms with Gasteiger partial charge < -0.3 is 19.7 Å². The Balaban J connectivity index is 1.24. The maximum Gasteiger partial charge on any atom is 0.265 e. The Bertz CT molecular complexity index is 2030. The zero-order chi connectivity index (χ0) is 28.5. The minimum absolute atomic E-state index is 0.0113. The molecule has 0 bridgehead atoms. The van der Waals surface area contributed by atoms with E-state index in [1.54, 1.807) is 84.8 Å². The minimum atomic E-state index is -0.788. The highest BCUT2D eigenvalue weighted by molar-refractivity contribution is 5.79. The number of pyridine rings is 2. The number of amides is 1. The van der Waals surface area contributed by atoms with Crippen LogP contribution in [0.5, 0.6) is 11.6 Å². The smallest absolute Gasteiger partial charge is 0.265 e. The second kappa shape index (κ2) is 10.6. The molecule has 1 atom stereocenters. The van der Waals surface area contributed by atoms with Crippen LogP contribution in [-0.4, -0.2) is 53.2 Å². The molecule has 0 saturated heterocycles. The van der Waals surface area contributed by atoms with Crippen LogP contribution in [0.15, 0.2) is 89.0 Å². The van der Waals surface area contributed by atoms with Crippen LogP contribution in [0, 0.1) is 0 Å². The number of nitrogens with one attached hydrogen (secondary N) is 1. The van der Waals surface area contributed by atoms with Crippen LogP contribution in [0.4, 0.5) is 0 Å². The summed E-state index contributed by atoms with van der Waals surface area (Å²) in [4.78, 5) is 48.1. The van der Waals surface area contributed by atoms with Gasteiger partial charge in [-0.3, -0.25) is 18.8 Å². The normalized spacial score (nSPS) is 12.1. The van der Waals surface area contributed by atoms with Crippen molar-refractivity contribution in [3.63, 3.8) is 0 Å². The lowest BCUT2D eigenvalue weighted by molar-refractivity contribution is -0.121. The van der Waals surface area contributed by atoms with Crippen LogP contribution in [-0.2, 0) is 11.3 Å². The van der Waals surface area contributed by atoms with Gasteiger partial charge in [0.15, 0.2) is 5.65 Å². The molecule has 0 aliphatic rings. The highest BCUT2D eigenvalue weighted by Gasteiger charge is 2.26. The summed E-state index contributed by atoms with van der Waals surface area (Å²) in [5.74, 6) is -0.975. The van der Waals surface area contributed by atoms with Crippen LogP contribution in [0.3, 0.4) is 0 Å². The molecule has 0 fully saturated rings. The number of carbonyl (C=O) groups is 1. The Hall–Kier alpha value is -5.52. The van der Waals surface area contributed by atoms with Gasteiger partial charge >= 0.3 is 0 Å². The van der Waals surface area contributed by atoms with E-state index >= 15 is 0 Å². The number of hydrogen-bond acceptors (Lipinski definition) is 8. The molecule has 1 aromatic carbocycles. The number of carbonyl (C=O) groups excluding carboxylic acids is 1. The van der Waals surface area contributed by atoms with E-state index in [9.17, 15) is 19.5 Å². The quantitative estimate of drug-likeness (QED) is 0.293. The van der Waals surface area contributed by atoms with Gasteiger partial charge in [-0.15, -0.1) is 0 Å². The lowest BCUT2D eigenvalue weighted by Gasteiger charge is -2.19. The Morgan fingerprint density at radius 2 is 1.85 bits per heavy atom. The number of aromatic nitrogens is 6. The molecule has 206 valence electrons. The Kier molecular flexibility index (Phi) is 6.63. The lowest BCUT2D eigenvalue weighted by atomic mass is 9.89. The zero-order valence-corrected chi connectivity index (χ0v) is 22.0. The first-order valence-electron chi connectivity index (χ1n) is 12.9. The molecule has 2 N–H and O–H groups in total. The van der Waals surface area contributed by atoms with Crippen LogP contribution in [0.2, 0.25) is 0 Å². The second-order valence-electron chi connectivity index (χ2n) is 9.44. The van der Waals surface area contributed by atoms with E-state index in [1.165, 1.54) is 15.2 Å². The minimum Gasteiger partial charge on any atom is -0.497 e. The molecule has 12 nitrogen and oxygen atoms in total. The molecule has 0 spiro atoms. The molecule has 0 radical (unpaired) electrons. The van der Waals surface area contributed by atoms with Gasteiger partial charge in [-0.2, -0.15) is 10.1 Å². The number of methoxy groups -OCH3 is 1. The first kappa shape index (κ1) is 25.7. The summed E-state index contributed by atoms with van der Waals surface area (Å²) in [6.45, 7) is 0.383. The van der Waals surface area contributed by atoms with E-state index in [4.69, 9.17) is 4.74 Å². The topological polar surface area (TPSA) is 145 Å². The van der Waals surface area contributed by atoms with Crippen molar-refractivity contribution in [2.75, 3.05) is 13.7 Å². The van der Waals surface area contributed by atoms with E-state index in [0.717, 1.165) is 0 Å². The average Bonchev–Trinajstić information content (AvgIpc) is 3.47. The van der Waals surface area contributed by atoms with Crippen LogP contribution in [0.25, 0.3) is 22.2 Å². The summed E-state index contributed by atoms with van der Waals surface area (Å²) < 4.78 is 9.67. The third kappa shape index (κ3) is 4.75. The molecule has 41 heavy (non-hydrogen) atoms. The molecular formula is C29H25N7O5. The van der Waals surface area contributed by atoms with E-state index < -0.39 is 17.4 Å². The molecule has 6 aromatic rings. The molecule has 12 heteroatoms. The molecular weight excluding hydrogens is 526 g/mol. The third-order valence-electron chi connectivity index (χ3n) is 7.04. The number of ether oxygens (including phenoxy) is 1. The molecule has 0 saturated carbocycles. The Morgan fingerprint density at radius 3 is 2.66 bits per heavy atom. The summed E-state index contributed by atoms with van der Waals surface area (Å²) in [7, 11) is 1.54. The number of hydrogen-bond donors (Lipinski definition) is 2. The van der Waals surface area contributed by atoms with Gasteiger partial charge in [0.1, 0.15) is 11.4 Å². The van der Waals surface area contributed by atoms with Gasteiger partial charge in [-0.05, 0) is 35.9 Å². The molecule has 1 amide bonds. The summed E-state index contributed by atoms with van der Waals surface area (Å²) in [6.07, 6.45) is 6.21. The Labute approximate surface area is 232 Å². The largest absolute Gasteiger partial charge is 0.497 e. The van der Waals surface area contributed by atoms with Crippen LogP contribution >= 0.6 is 0 Å². The van der Waals surface area contributed by atoms with E-state index in [1.807, 2.05) is 0 Å². The fraction of sp³-hybridized carbons (Fsp3) is 0.172. The summed E-state index contributed by atoms with van der Waals surface area (Å²) >= 11 is 0. The van der Waals surface area contributed by atoms with Crippen molar-refractivity contribution < 1.29 is 14.6 Å². The van der Waals surface area contributed by atoms with Crippen molar-refractivity contribution in [2.24, 2.45) is 0 Å². The Morgan fingerprint density at radius 1 is 1.02 bits per heavy atom. The molecule has 5 heterocycles. The number of fused-ring (bicyclic) bond motifs is 4. The highest BCUT2D eigenvalue weighted by Crippen LogP contribution is 2.32. The van der Waals surface area contributed by atoms with Gasteiger partial charge in [0, 0.05) is 50.1 Å². The van der Waals surface area contributed by atoms with Crippen molar-refractivity contribution in [1.82, 2.24) is 33.9 Å². The van der Waals surface area contributed by atoms with Crippen molar-refractivity contribution in [2.45, 2.75) is 18.9 Å². The van der Waals surface area contributed by atoms with Crippen LogP contribution in [0.1, 0.15) is 23.5 Å². The van der Waals surface area contributed by atoms with Crippen LogP contribution < -0.4 is 21.2 Å². The van der Waals surface area contributed by atoms with Gasteiger partial charge in [0.2, 0.25) is 11.8 Å². The second-order valence-corrected chi connectivity index (χ2v) is 9.44. The number of aromatic hydroxyl groups is 1. The highest BCUT2D eigenvalue weighted by atomic mass is 16.5. The first-order chi connectivity index (χ1) is 19.9. The zero-order valence-electron chi connectivity index (χ0n) is 22.0. The maximum atomic E-state index is 13.4. The third-order valence-corrected chi connectivity index (χ3v) is 7.04. The van der Waals surface area contributed by atoms with Gasteiger partial charge in [0.25, 0.3) is 11.1 Å². The predicted molar refractivity (Wildman–Crippen MR) is 150 cm³/mol. The average molecular weight is 552 g/mol. The van der Waals surface area contributed by atoms with Gasteiger partial charge in [-0.1, -0.05) is 18.2 Å². The summed E-state index contributed by atoms with van der Waals surface area (Å²) in [5, 5.41) is 18.3. The molecule has 0 aliphatic heterocycles. The van der Waals surface area contributed by atoms with Gasteiger partial charge in [-0.25, -0.2) is 9.50 Å². The van der Waals surface area contributed by atoms with E-state index in [-0.39, 0.29) is 36.5 Å². The van der Waals surface area contributed by atoms with Crippen molar-refractivity contribution >= 4 is 28.1 Å². The molecule has 0 aliphatic carbocycles. The predicted octanol–water partition coefficient (Wildman–Crippen LogP) is 2.10. The fourth-order valence-corrected chi connectivity index (χ4v) is 4.97.